The molecule has 1 aromatic rings. The zero-order valence-corrected chi connectivity index (χ0v) is 11.1. The average molecular weight is 321 g/mol. The smallest absolute Gasteiger partial charge is 0.407 e. The number of likely N-dealkylation sites (N-methyl/N-ethyl adjacent to an activating group) is 1. The largest absolute Gasteiger partial charge is 0.465 e. The fraction of sp³-hybridized carbons (Fsp3) is 0.364. The minimum Gasteiger partial charge on any atom is -0.465 e. The third-order valence-corrected chi connectivity index (χ3v) is 3.65. The Hall–Kier alpha value is -1.37. The standard InChI is InChI=1S/C11H11BrF2N2O2/c1-15(11(17)18)6-4-16(5-6)10-3-8(13)7(12)2-9(10)14/h2-3,6H,4-5H2,1H3,(H,17,18). The van der Waals surface area contributed by atoms with Crippen LogP contribution in [0.2, 0.25) is 0 Å². The molecule has 18 heavy (non-hydrogen) atoms. The van der Waals surface area contributed by atoms with Crippen LogP contribution in [0.3, 0.4) is 0 Å². The highest BCUT2D eigenvalue weighted by molar-refractivity contribution is 9.10. The molecule has 1 aromatic carbocycles. The number of hydrogen-bond donors (Lipinski definition) is 1. The summed E-state index contributed by atoms with van der Waals surface area (Å²) in [5.41, 5.74) is 0.158. The van der Waals surface area contributed by atoms with Crippen molar-refractivity contribution in [3.8, 4) is 0 Å². The first kappa shape index (κ1) is 13.1. The number of hydrogen-bond acceptors (Lipinski definition) is 2. The van der Waals surface area contributed by atoms with E-state index in [0.29, 0.717) is 13.1 Å². The molecule has 7 heteroatoms. The van der Waals surface area contributed by atoms with Gasteiger partial charge < -0.3 is 14.9 Å². The van der Waals surface area contributed by atoms with E-state index < -0.39 is 17.7 Å². The highest BCUT2D eigenvalue weighted by Crippen LogP contribution is 2.30. The number of rotatable bonds is 2. The lowest BCUT2D eigenvalue weighted by atomic mass is 10.1. The molecule has 2 rings (SSSR count). The van der Waals surface area contributed by atoms with Crippen molar-refractivity contribution in [1.82, 2.24) is 4.90 Å². The molecule has 1 heterocycles. The van der Waals surface area contributed by atoms with Crippen LogP contribution in [0.4, 0.5) is 19.3 Å². The minimum absolute atomic E-state index is 0.0727. The van der Waals surface area contributed by atoms with Crippen LogP contribution in [0, 0.1) is 11.6 Å². The van der Waals surface area contributed by atoms with Gasteiger partial charge in [0.2, 0.25) is 0 Å². The molecule has 0 aromatic heterocycles. The van der Waals surface area contributed by atoms with Gasteiger partial charge in [-0.1, -0.05) is 0 Å². The molecule has 0 bridgehead atoms. The van der Waals surface area contributed by atoms with E-state index in [1.807, 2.05) is 0 Å². The third-order valence-electron chi connectivity index (χ3n) is 3.04. The zero-order chi connectivity index (χ0) is 13.4. The maximum atomic E-state index is 13.6. The quantitative estimate of drug-likeness (QED) is 0.852. The van der Waals surface area contributed by atoms with Crippen molar-refractivity contribution in [2.45, 2.75) is 6.04 Å². The number of benzene rings is 1. The maximum Gasteiger partial charge on any atom is 0.407 e. The SMILES string of the molecule is CN(C(=O)O)C1CN(c2cc(F)c(Br)cc2F)C1. The van der Waals surface area contributed by atoms with E-state index in [-0.39, 0.29) is 16.2 Å². The molecule has 0 atom stereocenters. The van der Waals surface area contributed by atoms with Gasteiger partial charge in [0.1, 0.15) is 11.6 Å². The van der Waals surface area contributed by atoms with Crippen molar-refractivity contribution in [2.24, 2.45) is 0 Å². The van der Waals surface area contributed by atoms with Crippen molar-refractivity contribution < 1.29 is 18.7 Å². The van der Waals surface area contributed by atoms with Crippen LogP contribution >= 0.6 is 15.9 Å². The summed E-state index contributed by atoms with van der Waals surface area (Å²) in [4.78, 5) is 13.5. The van der Waals surface area contributed by atoms with Crippen molar-refractivity contribution >= 4 is 27.7 Å². The summed E-state index contributed by atoms with van der Waals surface area (Å²) in [6.07, 6.45) is -1.03. The second kappa shape index (κ2) is 4.72. The van der Waals surface area contributed by atoms with Crippen LogP contribution in [0.25, 0.3) is 0 Å². The monoisotopic (exact) mass is 320 g/mol. The van der Waals surface area contributed by atoms with Crippen LogP contribution in [0.15, 0.2) is 16.6 Å². The first-order chi connectivity index (χ1) is 8.40. The summed E-state index contributed by atoms with van der Waals surface area (Å²) < 4.78 is 27.0. The Morgan fingerprint density at radius 2 is 2.06 bits per heavy atom. The van der Waals surface area contributed by atoms with Crippen molar-refractivity contribution in [2.75, 3.05) is 25.0 Å². The Kier molecular flexibility index (Phi) is 3.43. The number of nitrogens with zero attached hydrogens (tertiary/aromatic N) is 2. The van der Waals surface area contributed by atoms with Gasteiger partial charge >= 0.3 is 6.09 Å². The Labute approximate surface area is 111 Å². The van der Waals surface area contributed by atoms with Crippen LogP contribution < -0.4 is 4.90 Å². The topological polar surface area (TPSA) is 43.8 Å². The molecule has 0 spiro atoms. The number of carbonyl (C=O) groups is 1. The van der Waals surface area contributed by atoms with E-state index in [2.05, 4.69) is 15.9 Å². The summed E-state index contributed by atoms with van der Waals surface area (Å²) in [5.74, 6) is -1.07. The van der Waals surface area contributed by atoms with E-state index in [0.717, 1.165) is 12.1 Å². The van der Waals surface area contributed by atoms with Gasteiger partial charge in [-0.05, 0) is 22.0 Å². The van der Waals surface area contributed by atoms with Crippen molar-refractivity contribution in [3.05, 3.63) is 28.2 Å². The average Bonchev–Trinajstić information content (AvgIpc) is 2.22. The minimum atomic E-state index is -1.03. The molecule has 0 unspecified atom stereocenters. The highest BCUT2D eigenvalue weighted by Gasteiger charge is 2.34. The van der Waals surface area contributed by atoms with Crippen LogP contribution in [0.5, 0.6) is 0 Å². The lowest BCUT2D eigenvalue weighted by Crippen LogP contribution is -2.59. The van der Waals surface area contributed by atoms with Gasteiger partial charge in [0.25, 0.3) is 0 Å². The Morgan fingerprint density at radius 1 is 1.44 bits per heavy atom. The van der Waals surface area contributed by atoms with Crippen LogP contribution in [-0.2, 0) is 0 Å². The van der Waals surface area contributed by atoms with E-state index in [9.17, 15) is 13.6 Å². The number of halogens is 3. The second-order valence-electron chi connectivity index (χ2n) is 4.17. The van der Waals surface area contributed by atoms with E-state index >= 15 is 0 Å². The number of carboxylic acid groups (broad SMARTS) is 1. The van der Waals surface area contributed by atoms with Gasteiger partial charge in [0.05, 0.1) is 16.2 Å². The third kappa shape index (κ3) is 2.27. The highest BCUT2D eigenvalue weighted by atomic mass is 79.9. The van der Waals surface area contributed by atoms with Crippen LogP contribution in [0.1, 0.15) is 0 Å². The molecular formula is C11H11BrF2N2O2. The molecule has 1 N–H and O–H groups in total. The summed E-state index contributed by atoms with van der Waals surface area (Å²) >= 11 is 2.90. The summed E-state index contributed by atoms with van der Waals surface area (Å²) in [5, 5.41) is 8.78. The lowest BCUT2D eigenvalue weighted by Gasteiger charge is -2.44. The molecule has 1 aliphatic rings. The predicted molar refractivity (Wildman–Crippen MR) is 65.8 cm³/mol. The summed E-state index contributed by atoms with van der Waals surface area (Å²) in [7, 11) is 1.46. The van der Waals surface area contributed by atoms with Gasteiger partial charge in [-0.3, -0.25) is 0 Å². The molecule has 1 fully saturated rings. The Bertz CT molecular complexity index is 492. The van der Waals surface area contributed by atoms with Crippen molar-refractivity contribution in [3.63, 3.8) is 0 Å². The molecule has 1 aliphatic heterocycles. The molecule has 1 saturated heterocycles. The summed E-state index contributed by atoms with van der Waals surface area (Å²) in [6.45, 7) is 0.724. The molecule has 0 saturated carbocycles. The molecule has 4 nitrogen and oxygen atoms in total. The van der Waals surface area contributed by atoms with E-state index in [1.54, 1.807) is 4.90 Å². The Morgan fingerprint density at radius 3 is 2.61 bits per heavy atom. The van der Waals surface area contributed by atoms with E-state index in [4.69, 9.17) is 5.11 Å². The first-order valence-electron chi connectivity index (χ1n) is 5.25. The van der Waals surface area contributed by atoms with Crippen molar-refractivity contribution in [1.29, 1.82) is 0 Å². The molecule has 1 amide bonds. The fourth-order valence-corrected chi connectivity index (χ4v) is 2.12. The lowest BCUT2D eigenvalue weighted by molar-refractivity contribution is 0.130. The fourth-order valence-electron chi connectivity index (χ4n) is 1.81. The zero-order valence-electron chi connectivity index (χ0n) is 9.53. The predicted octanol–water partition coefficient (Wildman–Crippen LogP) is 2.53. The summed E-state index contributed by atoms with van der Waals surface area (Å²) in [6, 6.07) is 1.99. The van der Waals surface area contributed by atoms with E-state index in [1.165, 1.54) is 11.9 Å². The van der Waals surface area contributed by atoms with Gasteiger partial charge in [-0.25, -0.2) is 13.6 Å². The number of anilines is 1. The van der Waals surface area contributed by atoms with Gasteiger partial charge in [-0.2, -0.15) is 0 Å². The first-order valence-corrected chi connectivity index (χ1v) is 6.04. The Balaban J connectivity index is 2.09. The second-order valence-corrected chi connectivity index (χ2v) is 5.02. The number of amides is 1. The van der Waals surface area contributed by atoms with Gasteiger partial charge in [0, 0.05) is 26.2 Å². The van der Waals surface area contributed by atoms with Gasteiger partial charge in [-0.15, -0.1) is 0 Å². The maximum absolute atomic E-state index is 13.6. The molecule has 98 valence electrons. The normalized spacial score (nSPS) is 15.4. The molecule has 0 radical (unpaired) electrons. The van der Waals surface area contributed by atoms with Gasteiger partial charge in [0.15, 0.2) is 0 Å². The molecule has 0 aliphatic carbocycles. The molecular weight excluding hydrogens is 310 g/mol. The van der Waals surface area contributed by atoms with Crippen LogP contribution in [-0.4, -0.2) is 42.3 Å².